The molecular weight excluding hydrogens is 268 g/mol. The molecule has 2 rings (SSSR count). The zero-order chi connectivity index (χ0) is 14.3. The number of imidazole rings is 1. The van der Waals surface area contributed by atoms with Crippen LogP contribution in [0.1, 0.15) is 26.6 Å². The highest BCUT2D eigenvalue weighted by Crippen LogP contribution is 2.25. The van der Waals surface area contributed by atoms with Gasteiger partial charge < -0.3 is 10.3 Å². The number of carbonyl (C=O) groups is 1. The molecule has 0 atom stereocenters. The van der Waals surface area contributed by atoms with E-state index < -0.39 is 15.6 Å². The van der Waals surface area contributed by atoms with E-state index in [0.29, 0.717) is 18.8 Å². The van der Waals surface area contributed by atoms with Crippen LogP contribution in [0, 0.1) is 0 Å². The summed E-state index contributed by atoms with van der Waals surface area (Å²) in [4.78, 5) is 18.6. The minimum Gasteiger partial charge on any atom is -0.353 e. The van der Waals surface area contributed by atoms with Crippen molar-refractivity contribution in [1.29, 1.82) is 0 Å². The number of piperazine rings is 1. The quantitative estimate of drug-likeness (QED) is 0.809. The van der Waals surface area contributed by atoms with Gasteiger partial charge in [0.15, 0.2) is 5.03 Å². The number of aryl methyl sites for hydroxylation is 1. The molecule has 0 aliphatic carbocycles. The van der Waals surface area contributed by atoms with Gasteiger partial charge in [-0.15, -0.1) is 0 Å². The van der Waals surface area contributed by atoms with Crippen molar-refractivity contribution in [2.45, 2.75) is 37.8 Å². The maximum absolute atomic E-state index is 12.6. The number of amides is 1. The molecule has 8 heteroatoms. The maximum Gasteiger partial charge on any atom is 0.261 e. The second-order valence-electron chi connectivity index (χ2n) is 4.94. The summed E-state index contributed by atoms with van der Waals surface area (Å²) < 4.78 is 26.3. The number of hydrogen-bond donors (Lipinski definition) is 2. The number of aromatic nitrogens is 2. The van der Waals surface area contributed by atoms with Crippen LogP contribution in [0.5, 0.6) is 0 Å². The molecule has 1 aliphatic heterocycles. The average Bonchev–Trinajstić information content (AvgIpc) is 2.81. The van der Waals surface area contributed by atoms with Crippen molar-refractivity contribution in [2.24, 2.45) is 0 Å². The lowest BCUT2D eigenvalue weighted by atomic mass is 10.0. The number of aromatic amines is 1. The van der Waals surface area contributed by atoms with Crippen molar-refractivity contribution < 1.29 is 13.2 Å². The second-order valence-corrected chi connectivity index (χ2v) is 6.77. The summed E-state index contributed by atoms with van der Waals surface area (Å²) in [5.41, 5.74) is -1.10. The van der Waals surface area contributed by atoms with Gasteiger partial charge in [0.2, 0.25) is 5.91 Å². The molecule has 1 amide bonds. The molecule has 0 aromatic carbocycles. The largest absolute Gasteiger partial charge is 0.353 e. The highest BCUT2D eigenvalue weighted by molar-refractivity contribution is 7.89. The second kappa shape index (κ2) is 4.61. The van der Waals surface area contributed by atoms with Gasteiger partial charge in [-0.3, -0.25) is 4.79 Å². The number of hydrogen-bond acceptors (Lipinski definition) is 4. The van der Waals surface area contributed by atoms with Crippen molar-refractivity contribution in [3.8, 4) is 0 Å². The number of carbonyl (C=O) groups excluding carboxylic acids is 1. The molecule has 1 aromatic rings. The van der Waals surface area contributed by atoms with E-state index in [1.54, 1.807) is 13.8 Å². The van der Waals surface area contributed by atoms with Crippen LogP contribution in [0.2, 0.25) is 0 Å². The normalized spacial score (nSPS) is 20.3. The Morgan fingerprint density at radius 3 is 2.74 bits per heavy atom. The van der Waals surface area contributed by atoms with Crippen molar-refractivity contribution in [3.05, 3.63) is 12.0 Å². The van der Waals surface area contributed by atoms with Crippen molar-refractivity contribution in [3.63, 3.8) is 0 Å². The van der Waals surface area contributed by atoms with Crippen LogP contribution >= 0.6 is 0 Å². The third kappa shape index (κ3) is 2.25. The predicted octanol–water partition coefficient (Wildman–Crippen LogP) is -0.129. The average molecular weight is 286 g/mol. The van der Waals surface area contributed by atoms with E-state index in [0.717, 1.165) is 0 Å². The summed E-state index contributed by atoms with van der Waals surface area (Å²) in [5, 5.41) is 2.71. The van der Waals surface area contributed by atoms with Crippen molar-refractivity contribution in [1.82, 2.24) is 19.6 Å². The van der Waals surface area contributed by atoms with Gasteiger partial charge in [0, 0.05) is 19.5 Å². The van der Waals surface area contributed by atoms with Crippen LogP contribution in [0.4, 0.5) is 0 Å². The first-order valence-corrected chi connectivity index (χ1v) is 7.59. The van der Waals surface area contributed by atoms with E-state index in [-0.39, 0.29) is 17.5 Å². The first-order chi connectivity index (χ1) is 8.80. The third-order valence-electron chi connectivity index (χ3n) is 3.29. The lowest BCUT2D eigenvalue weighted by molar-refractivity contribution is -0.131. The smallest absolute Gasteiger partial charge is 0.261 e. The van der Waals surface area contributed by atoms with Crippen LogP contribution in [-0.4, -0.2) is 47.2 Å². The zero-order valence-electron chi connectivity index (χ0n) is 11.2. The van der Waals surface area contributed by atoms with Gasteiger partial charge in [0.1, 0.15) is 11.4 Å². The molecule has 19 heavy (non-hydrogen) atoms. The molecule has 1 aliphatic rings. The Bertz CT molecular complexity index is 591. The van der Waals surface area contributed by atoms with Crippen molar-refractivity contribution in [2.75, 3.05) is 13.1 Å². The molecule has 0 radical (unpaired) electrons. The molecule has 0 spiro atoms. The van der Waals surface area contributed by atoms with Gasteiger partial charge in [0.25, 0.3) is 10.0 Å². The molecule has 0 bridgehead atoms. The van der Waals surface area contributed by atoms with Gasteiger partial charge in [-0.05, 0) is 13.8 Å². The van der Waals surface area contributed by atoms with E-state index in [4.69, 9.17) is 0 Å². The summed E-state index contributed by atoms with van der Waals surface area (Å²) in [7, 11) is -3.74. The molecule has 1 fully saturated rings. The number of sulfonamides is 1. The highest BCUT2D eigenvalue weighted by Gasteiger charge is 2.45. The first-order valence-electron chi connectivity index (χ1n) is 6.15. The number of nitrogens with one attached hydrogen (secondary N) is 2. The Balaban J connectivity index is 2.41. The summed E-state index contributed by atoms with van der Waals surface area (Å²) in [6.45, 7) is 5.64. The zero-order valence-corrected chi connectivity index (χ0v) is 12.0. The minimum absolute atomic E-state index is 0.0344. The minimum atomic E-state index is -3.74. The van der Waals surface area contributed by atoms with Crippen LogP contribution in [-0.2, 0) is 21.2 Å². The monoisotopic (exact) mass is 286 g/mol. The fourth-order valence-electron chi connectivity index (χ4n) is 2.07. The van der Waals surface area contributed by atoms with E-state index >= 15 is 0 Å². The van der Waals surface area contributed by atoms with Crippen molar-refractivity contribution >= 4 is 15.9 Å². The molecule has 1 saturated heterocycles. The van der Waals surface area contributed by atoms with Crippen LogP contribution in [0.25, 0.3) is 0 Å². The number of rotatable bonds is 3. The Hall–Kier alpha value is -1.41. The van der Waals surface area contributed by atoms with Gasteiger partial charge in [0.05, 0.1) is 6.20 Å². The molecule has 0 unspecified atom stereocenters. The van der Waals surface area contributed by atoms with E-state index in [2.05, 4.69) is 15.3 Å². The SMILES string of the molecule is CCc1ncc(S(=O)(=O)N2CCNC(=O)C2(C)C)[nH]1. The molecular formula is C11H18N4O3S. The molecule has 2 N–H and O–H groups in total. The summed E-state index contributed by atoms with van der Waals surface area (Å²) >= 11 is 0. The highest BCUT2D eigenvalue weighted by atomic mass is 32.2. The Kier molecular flexibility index (Phi) is 3.40. The number of nitrogens with zero attached hydrogens (tertiary/aromatic N) is 2. The van der Waals surface area contributed by atoms with E-state index in [1.165, 1.54) is 10.5 Å². The summed E-state index contributed by atoms with van der Waals surface area (Å²) in [6, 6.07) is 0. The standard InChI is InChI=1S/C11H18N4O3S/c1-4-8-13-7-9(14-8)19(17,18)15-6-5-12-10(16)11(15,2)3/h7H,4-6H2,1-3H3,(H,12,16)(H,13,14). The van der Waals surface area contributed by atoms with Crippen LogP contribution in [0.3, 0.4) is 0 Å². The summed E-state index contributed by atoms with van der Waals surface area (Å²) in [5.74, 6) is 0.315. The van der Waals surface area contributed by atoms with Crippen LogP contribution < -0.4 is 5.32 Å². The lowest BCUT2D eigenvalue weighted by Crippen LogP contribution is -2.63. The molecule has 0 saturated carbocycles. The maximum atomic E-state index is 12.6. The third-order valence-corrected chi connectivity index (χ3v) is 5.27. The van der Waals surface area contributed by atoms with Gasteiger partial charge in [-0.2, -0.15) is 4.31 Å². The molecule has 1 aromatic heterocycles. The summed E-state index contributed by atoms with van der Waals surface area (Å²) in [6.07, 6.45) is 1.93. The lowest BCUT2D eigenvalue weighted by Gasteiger charge is -2.39. The fraction of sp³-hybridized carbons (Fsp3) is 0.636. The molecule has 7 nitrogen and oxygen atoms in total. The van der Waals surface area contributed by atoms with Gasteiger partial charge >= 0.3 is 0 Å². The fourth-order valence-corrected chi connectivity index (χ4v) is 3.76. The van der Waals surface area contributed by atoms with Crippen LogP contribution in [0.15, 0.2) is 11.2 Å². The van der Waals surface area contributed by atoms with E-state index in [1.807, 2.05) is 6.92 Å². The topological polar surface area (TPSA) is 95.2 Å². The Morgan fingerprint density at radius 2 is 2.16 bits per heavy atom. The Morgan fingerprint density at radius 1 is 1.47 bits per heavy atom. The molecule has 106 valence electrons. The molecule has 2 heterocycles. The van der Waals surface area contributed by atoms with E-state index in [9.17, 15) is 13.2 Å². The Labute approximate surface area is 112 Å². The first kappa shape index (κ1) is 14.0. The predicted molar refractivity (Wildman–Crippen MR) is 68.9 cm³/mol. The van der Waals surface area contributed by atoms with Gasteiger partial charge in [-0.25, -0.2) is 13.4 Å². The van der Waals surface area contributed by atoms with Gasteiger partial charge in [-0.1, -0.05) is 6.92 Å². The number of H-pyrrole nitrogens is 1.